The van der Waals surface area contributed by atoms with Crippen LogP contribution in [0, 0.1) is 11.6 Å². The smallest absolute Gasteiger partial charge is 0.410 e. The van der Waals surface area contributed by atoms with Crippen molar-refractivity contribution in [3.63, 3.8) is 0 Å². The Kier molecular flexibility index (Phi) is 6.51. The van der Waals surface area contributed by atoms with E-state index < -0.39 is 17.4 Å². The second kappa shape index (κ2) is 9.49. The summed E-state index contributed by atoms with van der Waals surface area (Å²) in [6, 6.07) is 21.9. The summed E-state index contributed by atoms with van der Waals surface area (Å²) in [7, 11) is 0. The third-order valence-electron chi connectivity index (χ3n) is 6.15. The van der Waals surface area contributed by atoms with Gasteiger partial charge in [-0.15, -0.1) is 0 Å². The minimum Gasteiger partial charge on any atom is -0.410 e. The summed E-state index contributed by atoms with van der Waals surface area (Å²) in [6.45, 7) is 3.56. The highest BCUT2D eigenvalue weighted by atomic mass is 19.1. The number of benzene rings is 3. The first-order valence-electron chi connectivity index (χ1n) is 10.8. The number of hydrogen-bond acceptors (Lipinski definition) is 3. The van der Waals surface area contributed by atoms with E-state index in [1.807, 2.05) is 37.3 Å². The van der Waals surface area contributed by atoms with E-state index in [-0.39, 0.29) is 17.5 Å². The number of carbonyl (C=O) groups is 1. The lowest BCUT2D eigenvalue weighted by molar-refractivity contribution is 0.0836. The van der Waals surface area contributed by atoms with Crippen molar-refractivity contribution in [1.29, 1.82) is 0 Å². The van der Waals surface area contributed by atoms with E-state index >= 15 is 0 Å². The molecule has 32 heavy (non-hydrogen) atoms. The van der Waals surface area contributed by atoms with E-state index in [4.69, 9.17) is 4.74 Å². The second-order valence-corrected chi connectivity index (χ2v) is 8.07. The van der Waals surface area contributed by atoms with Gasteiger partial charge in [-0.3, -0.25) is 0 Å². The van der Waals surface area contributed by atoms with Crippen LogP contribution in [0.15, 0.2) is 78.9 Å². The van der Waals surface area contributed by atoms with Crippen LogP contribution in [-0.4, -0.2) is 36.2 Å². The topological polar surface area (TPSA) is 41.6 Å². The standard InChI is InChI=1S/C26H26F2N2O2/c1-2-30(25(31)32-23-14-12-22(28)13-15-23)26(16-19-6-4-3-5-7-19)18-29-17-24(26)20-8-10-21(27)11-9-20/h3-15,24,29H,2,16-18H2,1H3/t24-,26+/m0/s1. The molecule has 0 aliphatic carbocycles. The summed E-state index contributed by atoms with van der Waals surface area (Å²) >= 11 is 0. The molecule has 1 aliphatic heterocycles. The molecule has 166 valence electrons. The highest BCUT2D eigenvalue weighted by Gasteiger charge is 2.50. The molecule has 0 saturated carbocycles. The molecule has 2 atom stereocenters. The fourth-order valence-electron chi connectivity index (χ4n) is 4.67. The lowest BCUT2D eigenvalue weighted by Gasteiger charge is -2.44. The van der Waals surface area contributed by atoms with E-state index in [0.29, 0.717) is 26.1 Å². The quantitative estimate of drug-likeness (QED) is 0.581. The van der Waals surface area contributed by atoms with E-state index in [0.717, 1.165) is 11.1 Å². The fraction of sp³-hybridized carbons (Fsp3) is 0.269. The molecule has 1 saturated heterocycles. The number of likely N-dealkylation sites (N-methyl/N-ethyl adjacent to an activating group) is 1. The largest absolute Gasteiger partial charge is 0.415 e. The summed E-state index contributed by atoms with van der Waals surface area (Å²) < 4.78 is 32.5. The van der Waals surface area contributed by atoms with Gasteiger partial charge in [0.2, 0.25) is 0 Å². The summed E-state index contributed by atoms with van der Waals surface area (Å²) in [4.78, 5) is 15.1. The van der Waals surface area contributed by atoms with Crippen LogP contribution in [0.4, 0.5) is 13.6 Å². The average molecular weight is 437 g/mol. The number of amides is 1. The van der Waals surface area contributed by atoms with Crippen molar-refractivity contribution in [2.75, 3.05) is 19.6 Å². The van der Waals surface area contributed by atoms with Crippen LogP contribution >= 0.6 is 0 Å². The number of halogens is 2. The Morgan fingerprint density at radius 1 is 1.00 bits per heavy atom. The molecule has 1 heterocycles. The molecule has 1 N–H and O–H groups in total. The molecule has 4 rings (SSSR count). The molecular formula is C26H26F2N2O2. The van der Waals surface area contributed by atoms with Crippen LogP contribution in [-0.2, 0) is 6.42 Å². The Balaban J connectivity index is 1.72. The number of rotatable bonds is 6. The Morgan fingerprint density at radius 3 is 2.25 bits per heavy atom. The second-order valence-electron chi connectivity index (χ2n) is 8.07. The van der Waals surface area contributed by atoms with Crippen molar-refractivity contribution in [1.82, 2.24) is 10.2 Å². The number of hydrogen-bond donors (Lipinski definition) is 1. The maximum Gasteiger partial charge on any atom is 0.415 e. The zero-order valence-corrected chi connectivity index (χ0v) is 17.9. The minimum atomic E-state index is -0.620. The van der Waals surface area contributed by atoms with Crippen LogP contribution in [0.3, 0.4) is 0 Å². The van der Waals surface area contributed by atoms with Crippen LogP contribution in [0.2, 0.25) is 0 Å². The molecule has 0 unspecified atom stereocenters. The van der Waals surface area contributed by atoms with E-state index in [1.165, 1.54) is 36.4 Å². The number of nitrogens with one attached hydrogen (secondary N) is 1. The van der Waals surface area contributed by atoms with Crippen LogP contribution in [0.5, 0.6) is 5.75 Å². The first kappa shape index (κ1) is 22.0. The van der Waals surface area contributed by atoms with Gasteiger partial charge in [-0.2, -0.15) is 0 Å². The number of ether oxygens (including phenoxy) is 1. The predicted octanol–water partition coefficient (Wildman–Crippen LogP) is 5.15. The molecule has 0 radical (unpaired) electrons. The molecule has 3 aromatic carbocycles. The number of nitrogens with zero attached hydrogens (tertiary/aromatic N) is 1. The normalized spacial score (nSPS) is 20.2. The van der Waals surface area contributed by atoms with Crippen molar-refractivity contribution in [3.8, 4) is 5.75 Å². The summed E-state index contributed by atoms with van der Waals surface area (Å²) in [5.41, 5.74) is 1.43. The van der Waals surface area contributed by atoms with Crippen molar-refractivity contribution in [2.45, 2.75) is 24.8 Å². The highest BCUT2D eigenvalue weighted by Crippen LogP contribution is 2.40. The fourth-order valence-corrected chi connectivity index (χ4v) is 4.67. The Hall–Kier alpha value is -3.25. The molecule has 4 nitrogen and oxygen atoms in total. The van der Waals surface area contributed by atoms with Gasteiger partial charge in [-0.1, -0.05) is 42.5 Å². The van der Waals surface area contributed by atoms with Gasteiger partial charge in [0.15, 0.2) is 0 Å². The van der Waals surface area contributed by atoms with E-state index in [2.05, 4.69) is 5.32 Å². The van der Waals surface area contributed by atoms with Crippen molar-refractivity contribution >= 4 is 6.09 Å². The first-order valence-corrected chi connectivity index (χ1v) is 10.8. The molecule has 6 heteroatoms. The average Bonchev–Trinajstić information content (AvgIpc) is 3.21. The number of carbonyl (C=O) groups excluding carboxylic acids is 1. The predicted molar refractivity (Wildman–Crippen MR) is 120 cm³/mol. The lowest BCUT2D eigenvalue weighted by atomic mass is 9.76. The molecule has 0 spiro atoms. The van der Waals surface area contributed by atoms with Crippen LogP contribution in [0.1, 0.15) is 24.0 Å². The monoisotopic (exact) mass is 436 g/mol. The Bertz CT molecular complexity index is 1040. The molecule has 1 amide bonds. The van der Waals surface area contributed by atoms with Gasteiger partial charge >= 0.3 is 6.09 Å². The van der Waals surface area contributed by atoms with Crippen molar-refractivity contribution < 1.29 is 18.3 Å². The summed E-state index contributed by atoms with van der Waals surface area (Å²) in [5, 5.41) is 3.44. The van der Waals surface area contributed by atoms with Gasteiger partial charge in [0, 0.05) is 25.6 Å². The van der Waals surface area contributed by atoms with E-state index in [9.17, 15) is 13.6 Å². The minimum absolute atomic E-state index is 0.0657. The Morgan fingerprint density at radius 2 is 1.62 bits per heavy atom. The lowest BCUT2D eigenvalue weighted by Crippen LogP contribution is -2.58. The van der Waals surface area contributed by atoms with Crippen LogP contribution < -0.4 is 10.1 Å². The van der Waals surface area contributed by atoms with Crippen molar-refractivity contribution in [2.24, 2.45) is 0 Å². The van der Waals surface area contributed by atoms with Crippen LogP contribution in [0.25, 0.3) is 0 Å². The van der Waals surface area contributed by atoms with Gasteiger partial charge in [0.1, 0.15) is 17.4 Å². The maximum atomic E-state index is 13.6. The van der Waals surface area contributed by atoms with Gasteiger partial charge in [0.05, 0.1) is 5.54 Å². The van der Waals surface area contributed by atoms with Gasteiger partial charge < -0.3 is 15.0 Å². The van der Waals surface area contributed by atoms with Gasteiger partial charge in [-0.25, -0.2) is 13.6 Å². The SMILES string of the molecule is CCN(C(=O)Oc1ccc(F)cc1)[C@]1(Cc2ccccc2)CNC[C@H]1c1ccc(F)cc1. The maximum absolute atomic E-state index is 13.6. The summed E-state index contributed by atoms with van der Waals surface area (Å²) in [5.74, 6) is -0.469. The molecule has 0 aromatic heterocycles. The zero-order valence-electron chi connectivity index (χ0n) is 17.9. The molecule has 1 aliphatic rings. The summed E-state index contributed by atoms with van der Waals surface area (Å²) in [6.07, 6.45) is 0.112. The zero-order chi connectivity index (χ0) is 22.6. The first-order chi connectivity index (χ1) is 15.5. The third kappa shape index (κ3) is 4.50. The third-order valence-corrected chi connectivity index (χ3v) is 6.15. The van der Waals surface area contributed by atoms with Crippen molar-refractivity contribution in [3.05, 3.63) is 102 Å². The molecular weight excluding hydrogens is 410 g/mol. The Labute approximate surface area is 186 Å². The van der Waals surface area contributed by atoms with Gasteiger partial charge in [-0.05, 0) is 60.9 Å². The van der Waals surface area contributed by atoms with E-state index in [1.54, 1.807) is 17.0 Å². The molecule has 3 aromatic rings. The van der Waals surface area contributed by atoms with Gasteiger partial charge in [0.25, 0.3) is 0 Å². The molecule has 0 bridgehead atoms. The molecule has 1 fully saturated rings. The highest BCUT2D eigenvalue weighted by molar-refractivity contribution is 5.72.